The minimum Gasteiger partial charge on any atom is -0.497 e. The fourth-order valence-electron chi connectivity index (χ4n) is 5.28. The first-order chi connectivity index (χ1) is 21.7. The van der Waals surface area contributed by atoms with Gasteiger partial charge in [0.1, 0.15) is 23.1 Å². The maximum absolute atomic E-state index is 13.8. The SMILES string of the molecule is COc1cc(NC(=S)/N=C(\Nc2nc(C)cc(C)n2)N2CCN(C(c3ccc(F)cc3)c3ccc(F)cc3)CC2)cc(OC)c1. The predicted molar refractivity (Wildman–Crippen MR) is 176 cm³/mol. The van der Waals surface area contributed by atoms with Crippen molar-refractivity contribution in [3.8, 4) is 11.5 Å². The molecule has 0 unspecified atom stereocenters. The first kappa shape index (κ1) is 31.7. The molecule has 234 valence electrons. The number of aromatic nitrogens is 2. The molecule has 9 nitrogen and oxygen atoms in total. The van der Waals surface area contributed by atoms with Gasteiger partial charge in [0.2, 0.25) is 17.0 Å². The van der Waals surface area contributed by atoms with Crippen molar-refractivity contribution in [3.63, 3.8) is 0 Å². The second-order valence-corrected chi connectivity index (χ2v) is 11.0. The van der Waals surface area contributed by atoms with Crippen LogP contribution in [0.2, 0.25) is 0 Å². The number of hydrogen-bond acceptors (Lipinski definition) is 6. The number of piperazine rings is 1. The largest absolute Gasteiger partial charge is 0.497 e. The first-order valence-corrected chi connectivity index (χ1v) is 14.8. The predicted octanol–water partition coefficient (Wildman–Crippen LogP) is 5.96. The number of nitrogens with one attached hydrogen (secondary N) is 2. The molecule has 1 aromatic heterocycles. The van der Waals surface area contributed by atoms with Crippen LogP contribution in [0.3, 0.4) is 0 Å². The van der Waals surface area contributed by atoms with Crippen LogP contribution in [0.1, 0.15) is 28.6 Å². The molecule has 2 heterocycles. The maximum atomic E-state index is 13.8. The minimum absolute atomic E-state index is 0.185. The highest BCUT2D eigenvalue weighted by Gasteiger charge is 2.28. The van der Waals surface area contributed by atoms with Gasteiger partial charge in [-0.3, -0.25) is 10.2 Å². The van der Waals surface area contributed by atoms with Crippen molar-refractivity contribution < 1.29 is 18.3 Å². The van der Waals surface area contributed by atoms with E-state index in [1.165, 1.54) is 24.3 Å². The Morgan fingerprint density at radius 3 is 1.78 bits per heavy atom. The second-order valence-electron chi connectivity index (χ2n) is 10.6. The van der Waals surface area contributed by atoms with E-state index in [2.05, 4.69) is 30.4 Å². The number of hydrogen-bond donors (Lipinski definition) is 2. The summed E-state index contributed by atoms with van der Waals surface area (Å²) < 4.78 is 38.4. The van der Waals surface area contributed by atoms with E-state index in [0.29, 0.717) is 55.3 Å². The van der Waals surface area contributed by atoms with Crippen LogP contribution < -0.4 is 20.1 Å². The summed E-state index contributed by atoms with van der Waals surface area (Å²) in [4.78, 5) is 18.2. The van der Waals surface area contributed by atoms with Gasteiger partial charge in [0.05, 0.1) is 20.3 Å². The molecular formula is C33H35F2N7O2S. The Morgan fingerprint density at radius 1 is 0.778 bits per heavy atom. The fourth-order valence-corrected chi connectivity index (χ4v) is 5.49. The summed E-state index contributed by atoms with van der Waals surface area (Å²) in [6, 6.07) is 20.0. The average molecular weight is 632 g/mol. The molecule has 1 fully saturated rings. The van der Waals surface area contributed by atoms with Crippen LogP contribution in [-0.4, -0.2) is 71.2 Å². The number of guanidine groups is 1. The van der Waals surface area contributed by atoms with Gasteiger partial charge in [-0.05, 0) is 67.5 Å². The van der Waals surface area contributed by atoms with E-state index in [1.54, 1.807) is 56.7 Å². The molecule has 0 saturated carbocycles. The van der Waals surface area contributed by atoms with Crippen molar-refractivity contribution >= 4 is 34.9 Å². The zero-order valence-corrected chi connectivity index (χ0v) is 26.4. The van der Waals surface area contributed by atoms with Crippen molar-refractivity contribution in [3.05, 3.63) is 107 Å². The van der Waals surface area contributed by atoms with E-state index >= 15 is 0 Å². The van der Waals surface area contributed by atoms with Gasteiger partial charge >= 0.3 is 0 Å². The lowest BCUT2D eigenvalue weighted by molar-refractivity contribution is 0.150. The van der Waals surface area contributed by atoms with Gasteiger partial charge in [-0.15, -0.1) is 0 Å². The summed E-state index contributed by atoms with van der Waals surface area (Å²) in [5, 5.41) is 6.66. The van der Waals surface area contributed by atoms with Gasteiger partial charge in [-0.2, -0.15) is 4.99 Å². The Balaban J connectivity index is 1.40. The van der Waals surface area contributed by atoms with Gasteiger partial charge in [-0.25, -0.2) is 18.7 Å². The van der Waals surface area contributed by atoms with Gasteiger partial charge in [0.15, 0.2) is 0 Å². The maximum Gasteiger partial charge on any atom is 0.229 e. The van der Waals surface area contributed by atoms with E-state index in [0.717, 1.165) is 22.5 Å². The molecular weight excluding hydrogens is 596 g/mol. The Kier molecular flexibility index (Phi) is 10.2. The van der Waals surface area contributed by atoms with E-state index < -0.39 is 0 Å². The molecule has 4 aromatic rings. The van der Waals surface area contributed by atoms with Gasteiger partial charge in [0, 0.05) is 61.5 Å². The van der Waals surface area contributed by atoms with Gasteiger partial charge in [0.25, 0.3) is 0 Å². The third-order valence-corrected chi connectivity index (χ3v) is 7.56. The molecule has 45 heavy (non-hydrogen) atoms. The summed E-state index contributed by atoms with van der Waals surface area (Å²) in [6.07, 6.45) is 0. The molecule has 12 heteroatoms. The lowest BCUT2D eigenvalue weighted by Gasteiger charge is -2.40. The van der Waals surface area contributed by atoms with Crippen LogP contribution in [0.5, 0.6) is 11.5 Å². The van der Waals surface area contributed by atoms with E-state index in [1.807, 2.05) is 19.9 Å². The summed E-state index contributed by atoms with van der Waals surface area (Å²) in [5.74, 6) is 1.51. The minimum atomic E-state index is -0.307. The van der Waals surface area contributed by atoms with Crippen LogP contribution >= 0.6 is 12.2 Å². The number of halogens is 2. The van der Waals surface area contributed by atoms with Crippen molar-refractivity contribution in [1.82, 2.24) is 19.8 Å². The summed E-state index contributed by atoms with van der Waals surface area (Å²) in [6.45, 7) is 6.27. The lowest BCUT2D eigenvalue weighted by Crippen LogP contribution is -2.52. The van der Waals surface area contributed by atoms with Crippen molar-refractivity contribution in [2.45, 2.75) is 19.9 Å². The zero-order chi connectivity index (χ0) is 31.9. The molecule has 1 aliphatic heterocycles. The lowest BCUT2D eigenvalue weighted by atomic mass is 9.96. The van der Waals surface area contributed by atoms with Crippen LogP contribution in [-0.2, 0) is 0 Å². The van der Waals surface area contributed by atoms with Gasteiger partial charge in [-0.1, -0.05) is 24.3 Å². The normalized spacial score (nSPS) is 13.9. The highest BCUT2D eigenvalue weighted by atomic mass is 32.1. The summed E-state index contributed by atoms with van der Waals surface area (Å²) in [5.41, 5.74) is 4.14. The molecule has 5 rings (SSSR count). The quantitative estimate of drug-likeness (QED) is 0.146. The zero-order valence-electron chi connectivity index (χ0n) is 25.6. The summed E-state index contributed by atoms with van der Waals surface area (Å²) >= 11 is 5.66. The number of nitrogens with zero attached hydrogens (tertiary/aromatic N) is 5. The number of anilines is 2. The third kappa shape index (κ3) is 8.28. The highest BCUT2D eigenvalue weighted by molar-refractivity contribution is 7.80. The van der Waals surface area contributed by atoms with Crippen molar-refractivity contribution in [2.24, 2.45) is 4.99 Å². The van der Waals surface area contributed by atoms with E-state index in [9.17, 15) is 8.78 Å². The monoisotopic (exact) mass is 631 g/mol. The van der Waals surface area contributed by atoms with Gasteiger partial charge < -0.3 is 19.7 Å². The number of thiocarbonyl (C=S) groups is 1. The molecule has 3 aromatic carbocycles. The van der Waals surface area contributed by atoms with E-state index in [-0.39, 0.29) is 22.8 Å². The second kappa shape index (κ2) is 14.4. The fraction of sp³-hybridized carbons (Fsp3) is 0.273. The molecule has 0 amide bonds. The van der Waals surface area contributed by atoms with Crippen LogP contribution in [0.4, 0.5) is 20.4 Å². The first-order valence-electron chi connectivity index (χ1n) is 14.4. The molecule has 1 aliphatic rings. The standard InChI is InChI=1S/C33H35F2N7O2S/c1-21-17-22(2)37-31(36-21)39-32(40-33(45)38-27-18-28(43-3)20-29(19-27)44-4)42-15-13-41(14-16-42)30(23-5-9-25(34)10-6-23)24-7-11-26(35)12-8-24/h5-12,17-20,30H,13-16H2,1-4H3,(H2,36,37,38,39,40,45). The van der Waals surface area contributed by atoms with Crippen LogP contribution in [0, 0.1) is 25.5 Å². The number of benzene rings is 3. The third-order valence-electron chi connectivity index (χ3n) is 7.37. The van der Waals surface area contributed by atoms with Crippen LogP contribution in [0.25, 0.3) is 0 Å². The van der Waals surface area contributed by atoms with Crippen molar-refractivity contribution in [2.75, 3.05) is 51.0 Å². The molecule has 0 radical (unpaired) electrons. The smallest absolute Gasteiger partial charge is 0.229 e. The van der Waals surface area contributed by atoms with Crippen LogP contribution in [0.15, 0.2) is 77.8 Å². The average Bonchev–Trinajstić information content (AvgIpc) is 3.02. The Bertz CT molecular complexity index is 1570. The number of methoxy groups -OCH3 is 2. The molecule has 0 aliphatic carbocycles. The number of aliphatic imine (C=N–C) groups is 1. The number of aryl methyl sites for hydroxylation is 2. The highest BCUT2D eigenvalue weighted by Crippen LogP contribution is 2.30. The Hall–Kier alpha value is -4.68. The summed E-state index contributed by atoms with van der Waals surface area (Å²) in [7, 11) is 3.16. The topological polar surface area (TPSA) is 87.1 Å². The number of rotatable bonds is 7. The number of ether oxygens (including phenoxy) is 2. The molecule has 0 spiro atoms. The Labute approximate surface area is 266 Å². The molecule has 0 bridgehead atoms. The molecule has 0 atom stereocenters. The molecule has 1 saturated heterocycles. The molecule has 2 N–H and O–H groups in total. The Morgan fingerprint density at radius 2 is 1.29 bits per heavy atom. The van der Waals surface area contributed by atoms with E-state index in [4.69, 9.17) is 26.7 Å². The van der Waals surface area contributed by atoms with Crippen molar-refractivity contribution in [1.29, 1.82) is 0 Å².